The number of anilines is 1. The normalized spacial score (nSPS) is 20.4. The van der Waals surface area contributed by atoms with Crippen molar-refractivity contribution in [2.24, 2.45) is 0 Å². The van der Waals surface area contributed by atoms with Gasteiger partial charge >= 0.3 is 0 Å². The topological polar surface area (TPSA) is 12.5 Å². The maximum absolute atomic E-state index is 6.43. The molecule has 0 saturated carbocycles. The van der Waals surface area contributed by atoms with Gasteiger partial charge < -0.3 is 9.64 Å². The van der Waals surface area contributed by atoms with Gasteiger partial charge in [-0.25, -0.2) is 0 Å². The van der Waals surface area contributed by atoms with Crippen molar-refractivity contribution in [3.63, 3.8) is 0 Å². The first-order valence-corrected chi connectivity index (χ1v) is 15.5. The number of nitrogens with zero attached hydrogens (tertiary/aromatic N) is 1. The van der Waals surface area contributed by atoms with Gasteiger partial charge in [0.2, 0.25) is 0 Å². The molecule has 0 amide bonds. The summed E-state index contributed by atoms with van der Waals surface area (Å²) < 4.78 is 6.43. The third kappa shape index (κ3) is 4.52. The maximum Gasteiger partial charge on any atom is 0.128 e. The Morgan fingerprint density at radius 3 is 2.33 bits per heavy atom. The lowest BCUT2D eigenvalue weighted by atomic mass is 9.82. The summed E-state index contributed by atoms with van der Waals surface area (Å²) in [4.78, 5) is 2.44. The van der Waals surface area contributed by atoms with Crippen LogP contribution in [0.1, 0.15) is 56.1 Å². The van der Waals surface area contributed by atoms with Gasteiger partial charge in [0.1, 0.15) is 11.9 Å². The summed E-state index contributed by atoms with van der Waals surface area (Å²) in [6.07, 6.45) is 26.4. The van der Waals surface area contributed by atoms with Gasteiger partial charge in [-0.3, -0.25) is 0 Å². The molecule has 5 aliphatic rings. The molecule has 1 heterocycles. The van der Waals surface area contributed by atoms with Crippen LogP contribution in [0.2, 0.25) is 0 Å². The number of benzene rings is 3. The molecule has 0 aromatic heterocycles. The minimum Gasteiger partial charge on any atom is -0.485 e. The molecule has 206 valence electrons. The molecule has 42 heavy (non-hydrogen) atoms. The van der Waals surface area contributed by atoms with E-state index in [4.69, 9.17) is 4.74 Å². The average molecular weight is 546 g/mol. The first-order chi connectivity index (χ1) is 20.8. The lowest BCUT2D eigenvalue weighted by molar-refractivity contribution is 0.278. The predicted molar refractivity (Wildman–Crippen MR) is 175 cm³/mol. The molecule has 2 nitrogen and oxygen atoms in total. The third-order valence-electron chi connectivity index (χ3n) is 9.15. The van der Waals surface area contributed by atoms with Crippen LogP contribution in [-0.2, 0) is 0 Å². The summed E-state index contributed by atoms with van der Waals surface area (Å²) >= 11 is 0. The van der Waals surface area contributed by atoms with Crippen molar-refractivity contribution < 1.29 is 4.74 Å². The molecule has 8 rings (SSSR count). The molecular weight excluding hydrogens is 510 g/mol. The van der Waals surface area contributed by atoms with Crippen molar-refractivity contribution in [3.05, 3.63) is 155 Å². The van der Waals surface area contributed by atoms with E-state index in [1.807, 2.05) is 0 Å². The van der Waals surface area contributed by atoms with Crippen molar-refractivity contribution >= 4 is 16.8 Å². The summed E-state index contributed by atoms with van der Waals surface area (Å²) in [5, 5.41) is 0. The van der Waals surface area contributed by atoms with E-state index in [2.05, 4.69) is 126 Å². The fourth-order valence-corrected chi connectivity index (χ4v) is 7.07. The van der Waals surface area contributed by atoms with E-state index in [1.165, 1.54) is 56.1 Å². The van der Waals surface area contributed by atoms with Gasteiger partial charge in [0.15, 0.2) is 0 Å². The highest BCUT2D eigenvalue weighted by Crippen LogP contribution is 2.45. The monoisotopic (exact) mass is 545 g/mol. The Morgan fingerprint density at radius 2 is 1.48 bits per heavy atom. The highest BCUT2D eigenvalue weighted by Gasteiger charge is 2.32. The quantitative estimate of drug-likeness (QED) is 0.316. The first kappa shape index (κ1) is 25.2. The summed E-state index contributed by atoms with van der Waals surface area (Å²) in [5.41, 5.74) is 14.5. The van der Waals surface area contributed by atoms with Crippen LogP contribution >= 0.6 is 0 Å². The molecule has 1 atom stereocenters. The van der Waals surface area contributed by atoms with Crippen LogP contribution in [0.15, 0.2) is 144 Å². The second kappa shape index (κ2) is 10.7. The van der Waals surface area contributed by atoms with Gasteiger partial charge in [-0.15, -0.1) is 0 Å². The van der Waals surface area contributed by atoms with Crippen LogP contribution in [0.25, 0.3) is 22.3 Å². The molecule has 1 aliphatic heterocycles. The largest absolute Gasteiger partial charge is 0.485 e. The Morgan fingerprint density at radius 1 is 0.643 bits per heavy atom. The zero-order chi connectivity index (χ0) is 27.9. The first-order valence-electron chi connectivity index (χ1n) is 15.5. The second-order valence-corrected chi connectivity index (χ2v) is 11.7. The van der Waals surface area contributed by atoms with Crippen LogP contribution in [0.3, 0.4) is 0 Å². The minimum atomic E-state index is 0.0707. The Hall–Kier alpha value is -4.56. The van der Waals surface area contributed by atoms with Crippen molar-refractivity contribution in [1.82, 2.24) is 0 Å². The third-order valence-corrected chi connectivity index (χ3v) is 9.15. The number of hydrogen-bond acceptors (Lipinski definition) is 2. The van der Waals surface area contributed by atoms with Crippen molar-refractivity contribution in [3.8, 4) is 16.9 Å². The minimum absolute atomic E-state index is 0.0707. The Bertz CT molecular complexity index is 1760. The fourth-order valence-electron chi connectivity index (χ4n) is 7.07. The molecule has 1 unspecified atom stereocenters. The van der Waals surface area contributed by atoms with E-state index in [9.17, 15) is 0 Å². The number of rotatable bonds is 5. The Balaban J connectivity index is 1.16. The Kier molecular flexibility index (Phi) is 6.41. The van der Waals surface area contributed by atoms with E-state index in [-0.39, 0.29) is 6.10 Å². The zero-order valence-electron chi connectivity index (χ0n) is 23.9. The number of allylic oxidation sites excluding steroid dienone is 10. The standard InChI is InChI=1S/C40H35NO/c1-3-10-28(11-4-1)31-20-24-39-37(26-31)38-27-34(23-25-40(38)42-39)41(32-14-5-2-6-15-32)33-21-18-30(19-22-33)36-17-9-13-29-12-7-8-16-35(29)36/h1,3-5,7,10-15,18-24,26-27,40H,2,6,8-9,16-17,25H2. The predicted octanol–water partition coefficient (Wildman–Crippen LogP) is 10.3. The summed E-state index contributed by atoms with van der Waals surface area (Å²) in [7, 11) is 0. The molecule has 3 aromatic carbocycles. The average Bonchev–Trinajstić information content (AvgIpc) is 3.43. The van der Waals surface area contributed by atoms with Crippen LogP contribution in [0.5, 0.6) is 5.75 Å². The number of hydrogen-bond donors (Lipinski definition) is 0. The van der Waals surface area contributed by atoms with Crippen molar-refractivity contribution in [2.45, 2.75) is 51.0 Å². The SMILES string of the molecule is C1=CC(N(C2=CCC3Oc4ccc(-c5ccccc5)cc4C3=C2)c2ccc(C3=C4CCC=CC4=CCC3)cc2)=CCC1. The molecule has 0 bridgehead atoms. The van der Waals surface area contributed by atoms with E-state index in [1.54, 1.807) is 5.57 Å². The van der Waals surface area contributed by atoms with Crippen molar-refractivity contribution in [2.75, 3.05) is 4.90 Å². The van der Waals surface area contributed by atoms with Gasteiger partial charge in [0.25, 0.3) is 0 Å². The maximum atomic E-state index is 6.43. The molecule has 0 N–H and O–H groups in total. The lowest BCUT2D eigenvalue weighted by Crippen LogP contribution is -2.24. The molecule has 0 fully saturated rings. The van der Waals surface area contributed by atoms with Crippen molar-refractivity contribution in [1.29, 1.82) is 0 Å². The number of ether oxygens (including phenoxy) is 1. The van der Waals surface area contributed by atoms with E-state index < -0.39 is 0 Å². The van der Waals surface area contributed by atoms with Gasteiger partial charge in [-0.1, -0.05) is 85.0 Å². The molecule has 0 spiro atoms. The fraction of sp³-hybridized carbons (Fsp3) is 0.200. The van der Waals surface area contributed by atoms with Gasteiger partial charge in [-0.2, -0.15) is 0 Å². The van der Waals surface area contributed by atoms with Gasteiger partial charge in [0.05, 0.1) is 0 Å². The molecule has 0 saturated heterocycles. The van der Waals surface area contributed by atoms with Crippen LogP contribution < -0.4 is 9.64 Å². The lowest BCUT2D eigenvalue weighted by Gasteiger charge is -2.31. The molecule has 0 radical (unpaired) electrons. The summed E-state index contributed by atoms with van der Waals surface area (Å²) in [5.74, 6) is 0.987. The van der Waals surface area contributed by atoms with Crippen LogP contribution in [0.4, 0.5) is 5.69 Å². The van der Waals surface area contributed by atoms with E-state index in [0.717, 1.165) is 50.7 Å². The molecule has 3 aromatic rings. The highest BCUT2D eigenvalue weighted by molar-refractivity contribution is 5.85. The Labute approximate surface area is 249 Å². The molecular formula is C40H35NO. The summed E-state index contributed by atoms with van der Waals surface area (Å²) in [6.45, 7) is 0. The van der Waals surface area contributed by atoms with E-state index >= 15 is 0 Å². The van der Waals surface area contributed by atoms with Gasteiger partial charge in [0, 0.05) is 34.6 Å². The van der Waals surface area contributed by atoms with E-state index in [0.29, 0.717) is 0 Å². The molecule has 2 heteroatoms. The smallest absolute Gasteiger partial charge is 0.128 e. The second-order valence-electron chi connectivity index (χ2n) is 11.7. The highest BCUT2D eigenvalue weighted by atomic mass is 16.5. The summed E-state index contributed by atoms with van der Waals surface area (Å²) in [6, 6.07) is 26.6. The zero-order valence-corrected chi connectivity index (χ0v) is 23.9. The van der Waals surface area contributed by atoms with Crippen LogP contribution in [-0.4, -0.2) is 6.10 Å². The van der Waals surface area contributed by atoms with Crippen LogP contribution in [0, 0.1) is 0 Å². The molecule has 4 aliphatic carbocycles. The van der Waals surface area contributed by atoms with Gasteiger partial charge in [-0.05, 0) is 108 Å². The number of fused-ring (bicyclic) bond motifs is 4.